The minimum atomic E-state index is -0.739. The quantitative estimate of drug-likeness (QED) is 0.515. The number of carbonyl (C=O) groups excluding carboxylic acids is 2. The molecule has 0 saturated carbocycles. The Morgan fingerprint density at radius 3 is 1.92 bits per heavy atom. The largest absolute Gasteiger partial charge is 0.288 e. The van der Waals surface area contributed by atoms with Gasteiger partial charge in [-0.25, -0.2) is 0 Å². The van der Waals surface area contributed by atoms with Crippen molar-refractivity contribution in [1.29, 1.82) is 0 Å². The summed E-state index contributed by atoms with van der Waals surface area (Å²) >= 11 is 0. The molecule has 1 aliphatic heterocycles. The number of hydrazine groups is 1. The Hall–Kier alpha value is -3.82. The Morgan fingerprint density at radius 2 is 1.33 bits per heavy atom. The second kappa shape index (κ2) is 5.43. The van der Waals surface area contributed by atoms with E-state index in [1.54, 1.807) is 0 Å². The van der Waals surface area contributed by atoms with E-state index in [0.717, 1.165) is 12.1 Å². The molecule has 3 rings (SSSR count). The highest BCUT2D eigenvalue weighted by molar-refractivity contribution is 6.22. The lowest BCUT2D eigenvalue weighted by Gasteiger charge is -2.16. The van der Waals surface area contributed by atoms with E-state index >= 15 is 0 Å². The monoisotopic (exact) mass is 328 g/mol. The fraction of sp³-hybridized carbons (Fsp3) is 0. The SMILES string of the molecule is O=C1c2ccc([N+](=O)[O-])cc2C(=O)N1Nc1ccc([N+](=O)[O-])cc1. The molecule has 2 amide bonds. The zero-order chi connectivity index (χ0) is 17.4. The van der Waals surface area contributed by atoms with Gasteiger partial charge in [0, 0.05) is 24.3 Å². The molecule has 0 unspecified atom stereocenters. The molecule has 2 aromatic rings. The second-order valence-corrected chi connectivity index (χ2v) is 4.85. The van der Waals surface area contributed by atoms with Crippen LogP contribution >= 0.6 is 0 Å². The maximum Gasteiger partial charge on any atom is 0.280 e. The van der Waals surface area contributed by atoms with Crippen molar-refractivity contribution < 1.29 is 19.4 Å². The number of rotatable bonds is 4. The molecule has 1 heterocycles. The van der Waals surface area contributed by atoms with Gasteiger partial charge in [-0.1, -0.05) is 0 Å². The van der Waals surface area contributed by atoms with Crippen LogP contribution in [0.3, 0.4) is 0 Å². The van der Waals surface area contributed by atoms with Crippen LogP contribution in [0.15, 0.2) is 42.5 Å². The number of amides is 2. The van der Waals surface area contributed by atoms with E-state index in [4.69, 9.17) is 0 Å². The number of non-ortho nitro benzene ring substituents is 2. The molecule has 0 spiro atoms. The molecule has 0 fully saturated rings. The number of nitro groups is 2. The smallest absolute Gasteiger partial charge is 0.280 e. The van der Waals surface area contributed by atoms with Crippen LogP contribution in [0.1, 0.15) is 20.7 Å². The molecular weight excluding hydrogens is 320 g/mol. The number of nitrogens with one attached hydrogen (secondary N) is 1. The molecular formula is C14H8N4O6. The molecule has 0 bridgehead atoms. The Balaban J connectivity index is 1.88. The Kier molecular flexibility index (Phi) is 3.41. The standard InChI is InChI=1S/C14H8N4O6/c19-13-11-6-5-10(18(23)24)7-12(11)14(20)16(13)15-8-1-3-9(4-2-8)17(21)22/h1-7,15H. The zero-order valence-electron chi connectivity index (χ0n) is 11.8. The van der Waals surface area contributed by atoms with Gasteiger partial charge in [0.25, 0.3) is 23.2 Å². The number of nitrogens with zero attached hydrogens (tertiary/aromatic N) is 3. The first-order valence-electron chi connectivity index (χ1n) is 6.57. The van der Waals surface area contributed by atoms with E-state index in [1.807, 2.05) is 0 Å². The maximum absolute atomic E-state index is 12.3. The molecule has 10 heteroatoms. The average molecular weight is 328 g/mol. The van der Waals surface area contributed by atoms with E-state index in [-0.39, 0.29) is 28.2 Å². The topological polar surface area (TPSA) is 136 Å². The summed E-state index contributed by atoms with van der Waals surface area (Å²) in [4.78, 5) is 44.6. The maximum atomic E-state index is 12.3. The summed E-state index contributed by atoms with van der Waals surface area (Å²) in [5, 5.41) is 22.1. The highest BCUT2D eigenvalue weighted by Gasteiger charge is 2.37. The van der Waals surface area contributed by atoms with Crippen molar-refractivity contribution in [2.24, 2.45) is 0 Å². The van der Waals surface area contributed by atoms with Gasteiger partial charge in [0.15, 0.2) is 0 Å². The van der Waals surface area contributed by atoms with Gasteiger partial charge < -0.3 is 0 Å². The Bertz CT molecular complexity index is 893. The highest BCUT2D eigenvalue weighted by atomic mass is 16.6. The van der Waals surface area contributed by atoms with Crippen LogP contribution in [-0.2, 0) is 0 Å². The van der Waals surface area contributed by atoms with Crippen LogP contribution in [0, 0.1) is 20.2 Å². The third kappa shape index (κ3) is 2.41. The number of benzene rings is 2. The molecule has 2 aromatic carbocycles. The summed E-state index contributed by atoms with van der Waals surface area (Å²) in [6.45, 7) is 0. The first-order chi connectivity index (χ1) is 11.4. The summed E-state index contributed by atoms with van der Waals surface area (Å²) < 4.78 is 0. The number of fused-ring (bicyclic) bond motifs is 1. The number of hydrogen-bond acceptors (Lipinski definition) is 7. The summed E-state index contributed by atoms with van der Waals surface area (Å²) in [6.07, 6.45) is 0. The van der Waals surface area contributed by atoms with Crippen molar-refractivity contribution >= 4 is 28.9 Å². The van der Waals surface area contributed by atoms with Crippen LogP contribution in [0.4, 0.5) is 17.1 Å². The second-order valence-electron chi connectivity index (χ2n) is 4.85. The summed E-state index contributed by atoms with van der Waals surface area (Å²) in [7, 11) is 0. The number of carbonyl (C=O) groups is 2. The molecule has 24 heavy (non-hydrogen) atoms. The van der Waals surface area contributed by atoms with Crippen molar-refractivity contribution in [1.82, 2.24) is 5.01 Å². The van der Waals surface area contributed by atoms with Crippen molar-refractivity contribution in [3.8, 4) is 0 Å². The van der Waals surface area contributed by atoms with Gasteiger partial charge in [-0.3, -0.25) is 35.2 Å². The van der Waals surface area contributed by atoms with E-state index < -0.39 is 21.7 Å². The van der Waals surface area contributed by atoms with Crippen molar-refractivity contribution in [3.63, 3.8) is 0 Å². The third-order valence-corrected chi connectivity index (χ3v) is 3.40. The molecule has 1 aliphatic rings. The van der Waals surface area contributed by atoms with Gasteiger partial charge in [-0.15, -0.1) is 0 Å². The van der Waals surface area contributed by atoms with Gasteiger partial charge in [-0.2, -0.15) is 5.01 Å². The van der Waals surface area contributed by atoms with Gasteiger partial charge in [0.05, 0.1) is 26.7 Å². The fourth-order valence-corrected chi connectivity index (χ4v) is 2.23. The van der Waals surface area contributed by atoms with Gasteiger partial charge in [0.1, 0.15) is 0 Å². The summed E-state index contributed by atoms with van der Waals surface area (Å²) in [5.74, 6) is -1.40. The van der Waals surface area contributed by atoms with Gasteiger partial charge in [0.2, 0.25) is 0 Å². The van der Waals surface area contributed by atoms with Gasteiger partial charge in [-0.05, 0) is 18.2 Å². The Morgan fingerprint density at radius 1 is 0.792 bits per heavy atom. The average Bonchev–Trinajstić information content (AvgIpc) is 2.80. The molecule has 1 N–H and O–H groups in total. The fourth-order valence-electron chi connectivity index (χ4n) is 2.23. The van der Waals surface area contributed by atoms with Crippen LogP contribution in [-0.4, -0.2) is 26.7 Å². The van der Waals surface area contributed by atoms with Crippen molar-refractivity contribution in [2.75, 3.05) is 5.43 Å². The van der Waals surface area contributed by atoms with E-state index in [1.165, 1.54) is 30.3 Å². The lowest BCUT2D eigenvalue weighted by Crippen LogP contribution is -2.35. The van der Waals surface area contributed by atoms with E-state index in [9.17, 15) is 29.8 Å². The molecule has 0 aromatic heterocycles. The number of nitro benzene ring substituents is 2. The Labute approximate surface area is 133 Å². The minimum absolute atomic E-state index is 0.0417. The molecule has 0 saturated heterocycles. The van der Waals surface area contributed by atoms with Crippen LogP contribution in [0.2, 0.25) is 0 Å². The van der Waals surface area contributed by atoms with E-state index in [2.05, 4.69) is 5.43 Å². The predicted octanol–water partition coefficient (Wildman–Crippen LogP) is 2.13. The summed E-state index contributed by atoms with van der Waals surface area (Å²) in [6, 6.07) is 8.49. The predicted molar refractivity (Wildman–Crippen MR) is 80.3 cm³/mol. The highest BCUT2D eigenvalue weighted by Crippen LogP contribution is 2.27. The third-order valence-electron chi connectivity index (χ3n) is 3.40. The van der Waals surface area contributed by atoms with E-state index in [0.29, 0.717) is 5.01 Å². The molecule has 0 atom stereocenters. The minimum Gasteiger partial charge on any atom is -0.288 e. The summed E-state index contributed by atoms with van der Waals surface area (Å²) in [5.41, 5.74) is 2.35. The number of imide groups is 1. The lowest BCUT2D eigenvalue weighted by molar-refractivity contribution is -0.385. The molecule has 10 nitrogen and oxygen atoms in total. The normalized spacial score (nSPS) is 12.9. The first-order valence-corrected chi connectivity index (χ1v) is 6.57. The first kappa shape index (κ1) is 15.1. The van der Waals surface area contributed by atoms with Crippen LogP contribution in [0.25, 0.3) is 0 Å². The molecule has 0 aliphatic carbocycles. The van der Waals surface area contributed by atoms with Crippen molar-refractivity contribution in [2.45, 2.75) is 0 Å². The van der Waals surface area contributed by atoms with Crippen LogP contribution in [0.5, 0.6) is 0 Å². The lowest BCUT2D eigenvalue weighted by atomic mass is 10.1. The molecule has 120 valence electrons. The van der Waals surface area contributed by atoms with Crippen LogP contribution < -0.4 is 5.43 Å². The van der Waals surface area contributed by atoms with Crippen molar-refractivity contribution in [3.05, 3.63) is 73.8 Å². The zero-order valence-corrected chi connectivity index (χ0v) is 11.8. The van der Waals surface area contributed by atoms with Gasteiger partial charge >= 0.3 is 0 Å². The number of hydrogen-bond donors (Lipinski definition) is 1. The number of anilines is 1. The molecule has 0 radical (unpaired) electrons.